The highest BCUT2D eigenvalue weighted by Gasteiger charge is 2.47. The molecule has 0 N–H and O–H groups in total. The van der Waals surface area contributed by atoms with Crippen LogP contribution in [-0.2, 0) is 10.7 Å². The lowest BCUT2D eigenvalue weighted by Gasteiger charge is -2.38. The summed E-state index contributed by atoms with van der Waals surface area (Å²) in [5.41, 5.74) is -1.43. The van der Waals surface area contributed by atoms with Gasteiger partial charge >= 0.3 is 13.7 Å². The smallest absolute Gasteiger partial charge is 0.416 e. The van der Waals surface area contributed by atoms with E-state index in [2.05, 4.69) is 0 Å². The number of hydrogen-bond donors (Lipinski definition) is 0. The molecule has 2 unspecified atom stereocenters. The average Bonchev–Trinajstić information content (AvgIpc) is 2.62. The summed E-state index contributed by atoms with van der Waals surface area (Å²) in [4.78, 5) is 13.1. The summed E-state index contributed by atoms with van der Waals surface area (Å²) in [6, 6.07) is 8.21. The number of amides is 1. The first-order valence-corrected chi connectivity index (χ1v) is 10.3. The zero-order chi connectivity index (χ0) is 20.7. The van der Waals surface area contributed by atoms with Gasteiger partial charge in [-0.25, -0.2) is 4.67 Å². The second-order valence-corrected chi connectivity index (χ2v) is 9.19. The van der Waals surface area contributed by atoms with Gasteiger partial charge in [0.1, 0.15) is 5.75 Å². The van der Waals surface area contributed by atoms with Crippen LogP contribution in [0.4, 0.5) is 18.9 Å². The minimum Gasteiger partial charge on any atom is -0.427 e. The Bertz CT molecular complexity index is 989. The van der Waals surface area contributed by atoms with Crippen molar-refractivity contribution in [2.75, 3.05) is 4.67 Å². The van der Waals surface area contributed by atoms with E-state index < -0.39 is 30.8 Å². The third-order valence-corrected chi connectivity index (χ3v) is 7.16. The molecule has 0 saturated carbocycles. The quantitative estimate of drug-likeness (QED) is 0.410. The van der Waals surface area contributed by atoms with Crippen LogP contribution in [0.25, 0.3) is 0 Å². The number of halogens is 4. The SMILES string of the molecule is C/C=C\C(C)P1(=O)Oc2ccc(Cl)cc2C(=O)N1c1ccc(C(F)(F)F)cc1. The summed E-state index contributed by atoms with van der Waals surface area (Å²) in [6.45, 7) is 3.34. The van der Waals surface area contributed by atoms with Crippen LogP contribution >= 0.6 is 19.1 Å². The van der Waals surface area contributed by atoms with Crippen LogP contribution in [0.2, 0.25) is 5.02 Å². The molecule has 0 aromatic heterocycles. The van der Waals surface area contributed by atoms with Crippen molar-refractivity contribution in [3.63, 3.8) is 0 Å². The molecule has 1 amide bonds. The molecule has 1 heterocycles. The minimum absolute atomic E-state index is 0.0447. The number of rotatable bonds is 3. The van der Waals surface area contributed by atoms with Crippen molar-refractivity contribution in [3.8, 4) is 5.75 Å². The number of carbonyl (C=O) groups is 1. The molecule has 0 radical (unpaired) electrons. The summed E-state index contributed by atoms with van der Waals surface area (Å²) in [5, 5.41) is 0.279. The van der Waals surface area contributed by atoms with E-state index in [0.717, 1.165) is 28.9 Å². The minimum atomic E-state index is -4.52. The standard InChI is InChI=1S/C19H16ClF3NO3P/c1-3-4-12(2)28(26)24(15-8-5-13(6-9-15)19(21,22)23)18(25)16-11-14(20)7-10-17(16)27-28/h3-12H,1-2H3/b4-3-. The molecule has 28 heavy (non-hydrogen) atoms. The molecule has 0 bridgehead atoms. The van der Waals surface area contributed by atoms with E-state index in [4.69, 9.17) is 16.1 Å². The monoisotopic (exact) mass is 429 g/mol. The maximum Gasteiger partial charge on any atom is 0.416 e. The second kappa shape index (κ2) is 7.30. The number of fused-ring (bicyclic) bond motifs is 1. The highest BCUT2D eigenvalue weighted by molar-refractivity contribution is 7.63. The highest BCUT2D eigenvalue weighted by Crippen LogP contribution is 2.61. The number of anilines is 1. The summed E-state index contributed by atoms with van der Waals surface area (Å²) < 4.78 is 59.1. The van der Waals surface area contributed by atoms with Gasteiger partial charge in [0.25, 0.3) is 5.91 Å². The first kappa shape index (κ1) is 20.5. The average molecular weight is 430 g/mol. The normalized spacial score (nSPS) is 20.8. The van der Waals surface area contributed by atoms with E-state index in [1.807, 2.05) is 0 Å². The zero-order valence-electron chi connectivity index (χ0n) is 14.9. The van der Waals surface area contributed by atoms with E-state index in [9.17, 15) is 22.5 Å². The molecule has 148 valence electrons. The molecule has 1 aliphatic heterocycles. The third kappa shape index (κ3) is 3.56. The Morgan fingerprint density at radius 3 is 2.39 bits per heavy atom. The number of benzene rings is 2. The molecule has 0 saturated heterocycles. The van der Waals surface area contributed by atoms with Gasteiger partial charge in [-0.05, 0) is 56.3 Å². The summed E-state index contributed by atoms with van der Waals surface area (Å²) >= 11 is 5.96. The van der Waals surface area contributed by atoms with Crippen molar-refractivity contribution >= 4 is 30.7 Å². The number of hydrogen-bond acceptors (Lipinski definition) is 3. The first-order chi connectivity index (χ1) is 13.1. The van der Waals surface area contributed by atoms with Gasteiger partial charge in [0.2, 0.25) is 0 Å². The van der Waals surface area contributed by atoms with E-state index in [1.54, 1.807) is 26.0 Å². The van der Waals surface area contributed by atoms with Gasteiger partial charge in [-0.2, -0.15) is 13.2 Å². The largest absolute Gasteiger partial charge is 0.427 e. The van der Waals surface area contributed by atoms with Crippen molar-refractivity contribution in [1.82, 2.24) is 0 Å². The summed E-state index contributed by atoms with van der Waals surface area (Å²) in [6.07, 6.45) is -1.24. The van der Waals surface area contributed by atoms with E-state index >= 15 is 0 Å². The van der Waals surface area contributed by atoms with Gasteiger partial charge in [0.05, 0.1) is 22.5 Å². The van der Waals surface area contributed by atoms with Crippen LogP contribution in [0.3, 0.4) is 0 Å². The molecule has 9 heteroatoms. The van der Waals surface area contributed by atoms with Crippen molar-refractivity contribution < 1.29 is 27.1 Å². The lowest BCUT2D eigenvalue weighted by Crippen LogP contribution is -2.37. The van der Waals surface area contributed by atoms with Gasteiger partial charge in [0.15, 0.2) is 0 Å². The Labute approximate surface area is 165 Å². The maximum absolute atomic E-state index is 13.8. The summed E-state index contributed by atoms with van der Waals surface area (Å²) in [7, 11) is -3.84. The van der Waals surface area contributed by atoms with E-state index in [1.165, 1.54) is 18.2 Å². The molecule has 4 nitrogen and oxygen atoms in total. The fraction of sp³-hybridized carbons (Fsp3) is 0.211. The molecule has 2 atom stereocenters. The predicted octanol–water partition coefficient (Wildman–Crippen LogP) is 6.56. The van der Waals surface area contributed by atoms with Gasteiger partial charge in [0, 0.05) is 5.02 Å². The summed E-state index contributed by atoms with van der Waals surface area (Å²) in [5.74, 6) is -0.527. The number of nitrogens with zero attached hydrogens (tertiary/aromatic N) is 1. The third-order valence-electron chi connectivity index (χ3n) is 4.30. The molecule has 2 aromatic carbocycles. The molecular weight excluding hydrogens is 414 g/mol. The van der Waals surface area contributed by atoms with Gasteiger partial charge in [-0.3, -0.25) is 9.36 Å². The maximum atomic E-state index is 13.8. The van der Waals surface area contributed by atoms with Crippen molar-refractivity contribution in [3.05, 3.63) is 70.8 Å². The molecular formula is C19H16ClF3NO3P. The number of allylic oxidation sites excluding steroid dienone is 2. The topological polar surface area (TPSA) is 46.6 Å². The molecule has 1 aliphatic rings. The first-order valence-electron chi connectivity index (χ1n) is 8.32. The van der Waals surface area contributed by atoms with Crippen LogP contribution < -0.4 is 9.19 Å². The number of alkyl halides is 3. The van der Waals surface area contributed by atoms with E-state index in [-0.39, 0.29) is 22.0 Å². The fourth-order valence-electron chi connectivity index (χ4n) is 2.89. The van der Waals surface area contributed by atoms with Crippen molar-refractivity contribution in [2.24, 2.45) is 0 Å². The van der Waals surface area contributed by atoms with Crippen LogP contribution in [0.1, 0.15) is 29.8 Å². The highest BCUT2D eigenvalue weighted by atomic mass is 35.5. The van der Waals surface area contributed by atoms with Crippen molar-refractivity contribution in [2.45, 2.75) is 25.7 Å². The van der Waals surface area contributed by atoms with Gasteiger partial charge in [-0.15, -0.1) is 0 Å². The molecule has 3 rings (SSSR count). The zero-order valence-corrected chi connectivity index (χ0v) is 16.6. The Hall–Kier alpha value is -2.24. The Morgan fingerprint density at radius 2 is 1.82 bits per heavy atom. The van der Waals surface area contributed by atoms with Crippen LogP contribution in [0, 0.1) is 0 Å². The molecule has 2 aromatic rings. The molecule has 0 spiro atoms. The molecule has 0 aliphatic carbocycles. The van der Waals surface area contributed by atoms with Gasteiger partial charge < -0.3 is 4.52 Å². The van der Waals surface area contributed by atoms with Crippen molar-refractivity contribution in [1.29, 1.82) is 0 Å². The fourth-order valence-corrected chi connectivity index (χ4v) is 5.32. The lowest BCUT2D eigenvalue weighted by atomic mass is 10.1. The number of carbonyl (C=O) groups excluding carboxylic acids is 1. The van der Waals surface area contributed by atoms with Crippen LogP contribution in [0.15, 0.2) is 54.6 Å². The van der Waals surface area contributed by atoms with Crippen LogP contribution in [0.5, 0.6) is 5.75 Å². The van der Waals surface area contributed by atoms with Crippen LogP contribution in [-0.4, -0.2) is 11.6 Å². The second-order valence-electron chi connectivity index (χ2n) is 6.22. The Kier molecular flexibility index (Phi) is 5.34. The predicted molar refractivity (Wildman–Crippen MR) is 102 cm³/mol. The Morgan fingerprint density at radius 1 is 1.18 bits per heavy atom. The van der Waals surface area contributed by atoms with E-state index in [0.29, 0.717) is 0 Å². The molecule has 0 fully saturated rings. The lowest BCUT2D eigenvalue weighted by molar-refractivity contribution is -0.137. The van der Waals surface area contributed by atoms with Gasteiger partial charge in [-0.1, -0.05) is 23.8 Å². The Balaban J connectivity index is 2.16.